The van der Waals surface area contributed by atoms with Gasteiger partial charge < -0.3 is 19.6 Å². The van der Waals surface area contributed by atoms with Crippen molar-refractivity contribution in [3.63, 3.8) is 0 Å². The van der Waals surface area contributed by atoms with Gasteiger partial charge in [0.1, 0.15) is 11.6 Å². The maximum absolute atomic E-state index is 5.69. The number of likely N-dealkylation sites (tertiary alicyclic amines) is 1. The van der Waals surface area contributed by atoms with E-state index in [9.17, 15) is 0 Å². The van der Waals surface area contributed by atoms with Gasteiger partial charge in [0.15, 0.2) is 11.8 Å². The van der Waals surface area contributed by atoms with Crippen LogP contribution < -0.4 is 10.6 Å². The molecule has 2 aliphatic rings. The van der Waals surface area contributed by atoms with Crippen LogP contribution in [0, 0.1) is 0 Å². The van der Waals surface area contributed by atoms with Crippen LogP contribution in [0.25, 0.3) is 0 Å². The van der Waals surface area contributed by atoms with E-state index >= 15 is 0 Å². The highest BCUT2D eigenvalue weighted by molar-refractivity contribution is 14.0. The topological polar surface area (TPSA) is 83.5 Å². The van der Waals surface area contributed by atoms with Crippen LogP contribution in [-0.2, 0) is 19.5 Å². The Kier molecular flexibility index (Phi) is 7.72. The van der Waals surface area contributed by atoms with E-state index in [4.69, 9.17) is 4.42 Å². The first kappa shape index (κ1) is 21.1. The zero-order valence-corrected chi connectivity index (χ0v) is 18.8. The van der Waals surface area contributed by atoms with Gasteiger partial charge in [0.2, 0.25) is 0 Å². The third-order valence-electron chi connectivity index (χ3n) is 5.49. The molecule has 0 aromatic carbocycles. The van der Waals surface area contributed by atoms with Gasteiger partial charge in [-0.2, -0.15) is 0 Å². The standard InChI is InChI=1S/C19H29N7O.HI/c1-20-19(22-14-18-24-23-17-8-2-3-11-26(17)18)21-13-15(16-7-6-12-27-16)25-9-4-5-10-25;/h6-7,12,15H,2-5,8-11,13-14H2,1H3,(H2,20,21,22);1H. The number of aliphatic imine (C=N–C) groups is 1. The minimum Gasteiger partial charge on any atom is -0.468 e. The molecule has 4 heterocycles. The molecule has 1 unspecified atom stereocenters. The summed E-state index contributed by atoms with van der Waals surface area (Å²) in [5, 5.41) is 15.5. The van der Waals surface area contributed by atoms with Crippen LogP contribution >= 0.6 is 24.0 Å². The van der Waals surface area contributed by atoms with Gasteiger partial charge in [0.25, 0.3) is 0 Å². The minimum absolute atomic E-state index is 0. The second kappa shape index (κ2) is 10.2. The van der Waals surface area contributed by atoms with Crippen LogP contribution in [0.5, 0.6) is 0 Å². The van der Waals surface area contributed by atoms with E-state index in [1.807, 2.05) is 6.07 Å². The van der Waals surface area contributed by atoms with Gasteiger partial charge in [0.05, 0.1) is 18.8 Å². The molecule has 1 fully saturated rings. The summed E-state index contributed by atoms with van der Waals surface area (Å²) < 4.78 is 7.93. The van der Waals surface area contributed by atoms with Crippen molar-refractivity contribution in [2.75, 3.05) is 26.7 Å². The lowest BCUT2D eigenvalue weighted by Crippen LogP contribution is -2.42. The number of halogens is 1. The predicted octanol–water partition coefficient (Wildman–Crippen LogP) is 2.33. The Morgan fingerprint density at radius 2 is 2.00 bits per heavy atom. The fraction of sp³-hybridized carbons (Fsp3) is 0.632. The number of guanidine groups is 1. The summed E-state index contributed by atoms with van der Waals surface area (Å²) in [5.74, 6) is 3.87. The fourth-order valence-electron chi connectivity index (χ4n) is 4.02. The van der Waals surface area contributed by atoms with Crippen molar-refractivity contribution in [3.8, 4) is 0 Å². The lowest BCUT2D eigenvalue weighted by Gasteiger charge is -2.26. The first-order valence-electron chi connectivity index (χ1n) is 9.98. The molecule has 0 radical (unpaired) electrons. The van der Waals surface area contributed by atoms with Crippen molar-refractivity contribution in [2.45, 2.75) is 51.2 Å². The molecule has 9 heteroatoms. The third kappa shape index (κ3) is 4.86. The summed E-state index contributed by atoms with van der Waals surface area (Å²) in [5.41, 5.74) is 0. The van der Waals surface area contributed by atoms with Crippen LogP contribution in [0.3, 0.4) is 0 Å². The molecule has 1 saturated heterocycles. The Morgan fingerprint density at radius 1 is 1.18 bits per heavy atom. The number of hydrogen-bond donors (Lipinski definition) is 2. The number of hydrogen-bond acceptors (Lipinski definition) is 5. The van der Waals surface area contributed by atoms with E-state index < -0.39 is 0 Å². The molecule has 154 valence electrons. The predicted molar refractivity (Wildman–Crippen MR) is 119 cm³/mol. The van der Waals surface area contributed by atoms with Crippen molar-refractivity contribution in [1.29, 1.82) is 0 Å². The SMILES string of the molecule is CN=C(NCc1nnc2n1CCCC2)NCC(c1ccco1)N1CCCC1.I. The molecule has 2 aromatic heterocycles. The van der Waals surface area contributed by atoms with Crippen molar-refractivity contribution < 1.29 is 4.42 Å². The number of aromatic nitrogens is 3. The number of aryl methyl sites for hydroxylation is 1. The van der Waals surface area contributed by atoms with E-state index in [1.165, 1.54) is 25.7 Å². The molecule has 8 nitrogen and oxygen atoms in total. The molecule has 4 rings (SSSR count). The highest BCUT2D eigenvalue weighted by atomic mass is 127. The van der Waals surface area contributed by atoms with Gasteiger partial charge in [-0.1, -0.05) is 0 Å². The molecule has 0 aliphatic carbocycles. The van der Waals surface area contributed by atoms with Gasteiger partial charge >= 0.3 is 0 Å². The summed E-state index contributed by atoms with van der Waals surface area (Å²) in [6.07, 6.45) is 7.69. The maximum Gasteiger partial charge on any atom is 0.191 e. The Balaban J connectivity index is 0.00000225. The molecule has 0 amide bonds. The highest BCUT2D eigenvalue weighted by Crippen LogP contribution is 2.24. The average molecular weight is 499 g/mol. The quantitative estimate of drug-likeness (QED) is 0.361. The minimum atomic E-state index is 0. The van der Waals surface area contributed by atoms with Crippen LogP contribution in [0.15, 0.2) is 27.8 Å². The largest absolute Gasteiger partial charge is 0.468 e. The van der Waals surface area contributed by atoms with Crippen molar-refractivity contribution in [2.24, 2.45) is 4.99 Å². The molecular weight excluding hydrogens is 469 g/mol. The molecule has 2 N–H and O–H groups in total. The second-order valence-electron chi connectivity index (χ2n) is 7.22. The normalized spacial score (nSPS) is 18.4. The highest BCUT2D eigenvalue weighted by Gasteiger charge is 2.25. The first-order chi connectivity index (χ1) is 13.3. The molecule has 2 aliphatic heterocycles. The van der Waals surface area contributed by atoms with E-state index in [-0.39, 0.29) is 30.0 Å². The average Bonchev–Trinajstić information content (AvgIpc) is 3.47. The number of nitrogens with zero attached hydrogens (tertiary/aromatic N) is 5. The van der Waals surface area contributed by atoms with Crippen LogP contribution in [-0.4, -0.2) is 52.3 Å². The summed E-state index contributed by atoms with van der Waals surface area (Å²) in [7, 11) is 1.80. The zero-order chi connectivity index (χ0) is 18.5. The van der Waals surface area contributed by atoms with E-state index in [0.29, 0.717) is 6.54 Å². The smallest absolute Gasteiger partial charge is 0.191 e. The van der Waals surface area contributed by atoms with Crippen molar-refractivity contribution >= 4 is 29.9 Å². The summed E-state index contributed by atoms with van der Waals surface area (Å²) in [6.45, 7) is 4.63. The molecule has 28 heavy (non-hydrogen) atoms. The van der Waals surface area contributed by atoms with Gasteiger partial charge in [0, 0.05) is 26.6 Å². The van der Waals surface area contributed by atoms with Crippen molar-refractivity contribution in [3.05, 3.63) is 35.8 Å². The Hall–Kier alpha value is -1.62. The van der Waals surface area contributed by atoms with Gasteiger partial charge in [-0.25, -0.2) is 0 Å². The van der Waals surface area contributed by atoms with Crippen LogP contribution in [0.2, 0.25) is 0 Å². The molecule has 2 aromatic rings. The molecule has 0 spiro atoms. The number of furan rings is 1. The van der Waals surface area contributed by atoms with Gasteiger partial charge in [-0.15, -0.1) is 34.2 Å². The Morgan fingerprint density at radius 3 is 2.75 bits per heavy atom. The lowest BCUT2D eigenvalue weighted by molar-refractivity contribution is 0.215. The lowest BCUT2D eigenvalue weighted by atomic mass is 10.2. The Labute approximate surface area is 183 Å². The van der Waals surface area contributed by atoms with Crippen molar-refractivity contribution in [1.82, 2.24) is 30.3 Å². The number of rotatable bonds is 6. The summed E-state index contributed by atoms with van der Waals surface area (Å²) in [6, 6.07) is 4.24. The van der Waals surface area contributed by atoms with E-state index in [2.05, 4.69) is 41.4 Å². The first-order valence-corrected chi connectivity index (χ1v) is 9.98. The third-order valence-corrected chi connectivity index (χ3v) is 5.49. The van der Waals surface area contributed by atoms with E-state index in [1.54, 1.807) is 13.3 Å². The molecule has 0 bridgehead atoms. The van der Waals surface area contributed by atoms with E-state index in [0.717, 1.165) is 56.0 Å². The van der Waals surface area contributed by atoms with Gasteiger partial charge in [-0.05, 0) is 50.9 Å². The zero-order valence-electron chi connectivity index (χ0n) is 16.4. The second-order valence-corrected chi connectivity index (χ2v) is 7.22. The summed E-state index contributed by atoms with van der Waals surface area (Å²) >= 11 is 0. The number of fused-ring (bicyclic) bond motifs is 1. The molecular formula is C19H30IN7O. The monoisotopic (exact) mass is 499 g/mol. The molecule has 0 saturated carbocycles. The Bertz CT molecular complexity index is 752. The summed E-state index contributed by atoms with van der Waals surface area (Å²) in [4.78, 5) is 6.85. The van der Waals surface area contributed by atoms with Gasteiger partial charge in [-0.3, -0.25) is 9.89 Å². The maximum atomic E-state index is 5.69. The molecule has 1 atom stereocenters. The van der Waals surface area contributed by atoms with Crippen LogP contribution in [0.4, 0.5) is 0 Å². The van der Waals surface area contributed by atoms with Crippen LogP contribution in [0.1, 0.15) is 49.1 Å². The fourth-order valence-corrected chi connectivity index (χ4v) is 4.02. The number of nitrogens with one attached hydrogen (secondary N) is 2.